The van der Waals surface area contributed by atoms with Crippen LogP contribution in [0.15, 0.2) is 60.7 Å². The van der Waals surface area contributed by atoms with E-state index < -0.39 is 0 Å². The van der Waals surface area contributed by atoms with Gasteiger partial charge in [-0.2, -0.15) is 0 Å². The highest BCUT2D eigenvalue weighted by Gasteiger charge is 2.12. The van der Waals surface area contributed by atoms with Crippen molar-refractivity contribution < 1.29 is 14.3 Å². The Balaban J connectivity index is 2.06. The molecule has 0 saturated heterocycles. The van der Waals surface area contributed by atoms with Gasteiger partial charge in [0.05, 0.1) is 26.3 Å². The lowest BCUT2D eigenvalue weighted by molar-refractivity contribution is -0.139. The molecule has 0 amide bonds. The largest absolute Gasteiger partial charge is 0.495 e. The summed E-state index contributed by atoms with van der Waals surface area (Å²) in [6.45, 7) is 0. The summed E-state index contributed by atoms with van der Waals surface area (Å²) in [6.07, 6.45) is 0.215. The lowest BCUT2D eigenvalue weighted by Gasteiger charge is -2.16. The summed E-state index contributed by atoms with van der Waals surface area (Å²) in [5.74, 6) is 0.482. The van der Waals surface area contributed by atoms with Crippen LogP contribution in [0.2, 0.25) is 0 Å². The van der Waals surface area contributed by atoms with Gasteiger partial charge in [0.1, 0.15) is 5.75 Å². The number of esters is 1. The van der Waals surface area contributed by atoms with E-state index in [1.807, 2.05) is 54.6 Å². The van der Waals surface area contributed by atoms with Gasteiger partial charge in [0.15, 0.2) is 0 Å². The number of rotatable bonds is 5. The number of anilines is 2. The number of hydrogen-bond donors (Lipinski definition) is 1. The Morgan fingerprint density at radius 1 is 0.958 bits per heavy atom. The van der Waals surface area contributed by atoms with E-state index in [-0.39, 0.29) is 12.4 Å². The van der Waals surface area contributed by atoms with Gasteiger partial charge in [-0.1, -0.05) is 48.5 Å². The highest BCUT2D eigenvalue weighted by atomic mass is 16.5. The van der Waals surface area contributed by atoms with Crippen LogP contribution in [-0.2, 0) is 16.0 Å². The fourth-order valence-corrected chi connectivity index (χ4v) is 2.71. The minimum Gasteiger partial charge on any atom is -0.495 e. The van der Waals surface area contributed by atoms with Crippen molar-refractivity contribution in [1.29, 1.82) is 0 Å². The highest BCUT2D eigenvalue weighted by molar-refractivity contribution is 5.98. The van der Waals surface area contributed by atoms with E-state index in [2.05, 4.69) is 11.4 Å². The highest BCUT2D eigenvalue weighted by Crippen LogP contribution is 2.36. The van der Waals surface area contributed by atoms with Crippen molar-refractivity contribution in [3.63, 3.8) is 0 Å². The predicted octanol–water partition coefficient (Wildman–Crippen LogP) is 4.31. The molecule has 3 rings (SSSR count). The zero-order valence-electron chi connectivity index (χ0n) is 13.7. The number of para-hydroxylation sites is 1. The van der Waals surface area contributed by atoms with Crippen LogP contribution in [0.5, 0.6) is 5.75 Å². The maximum Gasteiger partial charge on any atom is 0.310 e. The molecule has 0 heterocycles. The molecule has 0 atom stereocenters. The van der Waals surface area contributed by atoms with Crippen molar-refractivity contribution in [2.75, 3.05) is 19.5 Å². The Bertz CT molecular complexity index is 874. The van der Waals surface area contributed by atoms with Gasteiger partial charge in [0, 0.05) is 11.1 Å². The van der Waals surface area contributed by atoms with E-state index in [0.29, 0.717) is 0 Å². The molecule has 0 unspecified atom stereocenters. The molecular weight excluding hydrogens is 302 g/mol. The van der Waals surface area contributed by atoms with Crippen molar-refractivity contribution in [2.24, 2.45) is 0 Å². The summed E-state index contributed by atoms with van der Waals surface area (Å²) in [5, 5.41) is 5.61. The van der Waals surface area contributed by atoms with E-state index >= 15 is 0 Å². The number of carbonyl (C=O) groups is 1. The third kappa shape index (κ3) is 3.18. The smallest absolute Gasteiger partial charge is 0.310 e. The average molecular weight is 321 g/mol. The summed E-state index contributed by atoms with van der Waals surface area (Å²) >= 11 is 0. The Morgan fingerprint density at radius 3 is 2.50 bits per heavy atom. The van der Waals surface area contributed by atoms with Crippen molar-refractivity contribution in [3.05, 3.63) is 66.2 Å². The van der Waals surface area contributed by atoms with Crippen molar-refractivity contribution in [1.82, 2.24) is 0 Å². The van der Waals surface area contributed by atoms with Crippen LogP contribution < -0.4 is 10.1 Å². The second kappa shape index (κ2) is 7.04. The molecule has 0 aliphatic heterocycles. The van der Waals surface area contributed by atoms with Gasteiger partial charge in [0.2, 0.25) is 0 Å². The first-order chi connectivity index (χ1) is 11.7. The number of methoxy groups -OCH3 is 2. The molecule has 0 radical (unpaired) electrons. The quantitative estimate of drug-likeness (QED) is 0.712. The second-order valence-corrected chi connectivity index (χ2v) is 5.40. The van der Waals surface area contributed by atoms with Crippen LogP contribution in [0.4, 0.5) is 11.4 Å². The van der Waals surface area contributed by atoms with Crippen LogP contribution in [0, 0.1) is 0 Å². The fourth-order valence-electron chi connectivity index (χ4n) is 2.71. The average Bonchev–Trinajstić information content (AvgIpc) is 2.63. The molecule has 24 heavy (non-hydrogen) atoms. The third-order valence-electron chi connectivity index (χ3n) is 3.95. The molecule has 0 bridgehead atoms. The maximum atomic E-state index is 11.6. The van der Waals surface area contributed by atoms with Crippen molar-refractivity contribution in [3.8, 4) is 5.75 Å². The molecule has 4 nitrogen and oxygen atoms in total. The monoisotopic (exact) mass is 321 g/mol. The fraction of sp³-hybridized carbons (Fsp3) is 0.150. The standard InChI is InChI=1S/C20H19NO3/c1-23-18-12-11-14-7-3-5-9-16(14)20(18)21-17-10-6-4-8-15(17)13-19(22)24-2/h3-12,21H,13H2,1-2H3. The van der Waals surface area contributed by atoms with E-state index in [1.54, 1.807) is 7.11 Å². The van der Waals surface area contributed by atoms with Crippen molar-refractivity contribution in [2.45, 2.75) is 6.42 Å². The van der Waals surface area contributed by atoms with Gasteiger partial charge in [-0.05, 0) is 23.1 Å². The maximum absolute atomic E-state index is 11.6. The molecule has 1 N–H and O–H groups in total. The number of fused-ring (bicyclic) bond motifs is 1. The van der Waals surface area contributed by atoms with Gasteiger partial charge in [0.25, 0.3) is 0 Å². The second-order valence-electron chi connectivity index (χ2n) is 5.40. The zero-order chi connectivity index (χ0) is 16.9. The summed E-state index contributed by atoms with van der Waals surface area (Å²) < 4.78 is 10.3. The van der Waals surface area contributed by atoms with Gasteiger partial charge in [-0.25, -0.2) is 0 Å². The minimum absolute atomic E-state index is 0.215. The number of nitrogens with one attached hydrogen (secondary N) is 1. The number of hydrogen-bond acceptors (Lipinski definition) is 4. The molecule has 0 aliphatic rings. The van der Waals surface area contributed by atoms with E-state index in [1.165, 1.54) is 7.11 Å². The lowest BCUT2D eigenvalue weighted by Crippen LogP contribution is -2.07. The molecule has 122 valence electrons. The first kappa shape index (κ1) is 15.9. The topological polar surface area (TPSA) is 47.6 Å². The van der Waals surface area contributed by atoms with Crippen LogP contribution >= 0.6 is 0 Å². The summed E-state index contributed by atoms with van der Waals surface area (Å²) in [4.78, 5) is 11.6. The van der Waals surface area contributed by atoms with Gasteiger partial charge in [-0.3, -0.25) is 4.79 Å². The number of carbonyl (C=O) groups excluding carboxylic acids is 1. The van der Waals surface area contributed by atoms with Gasteiger partial charge >= 0.3 is 5.97 Å². The summed E-state index contributed by atoms with van der Waals surface area (Å²) in [5.41, 5.74) is 2.62. The van der Waals surface area contributed by atoms with E-state index in [9.17, 15) is 4.79 Å². The molecular formula is C20H19NO3. The Labute approximate surface area is 141 Å². The molecule has 0 spiro atoms. The van der Waals surface area contributed by atoms with Crippen molar-refractivity contribution >= 4 is 28.1 Å². The molecule has 0 aromatic heterocycles. The first-order valence-corrected chi connectivity index (χ1v) is 7.70. The molecule has 3 aromatic rings. The van der Waals surface area contributed by atoms with Crippen LogP contribution in [-0.4, -0.2) is 20.2 Å². The summed E-state index contributed by atoms with van der Waals surface area (Å²) in [7, 11) is 3.04. The van der Waals surface area contributed by atoms with E-state index in [4.69, 9.17) is 9.47 Å². The summed E-state index contributed by atoms with van der Waals surface area (Å²) in [6, 6.07) is 19.8. The van der Waals surface area contributed by atoms with Crippen LogP contribution in [0.25, 0.3) is 10.8 Å². The lowest BCUT2D eigenvalue weighted by atomic mass is 10.1. The molecule has 0 aliphatic carbocycles. The Hall–Kier alpha value is -3.01. The van der Waals surface area contributed by atoms with E-state index in [0.717, 1.165) is 33.5 Å². The Kier molecular flexibility index (Phi) is 4.66. The molecule has 4 heteroatoms. The minimum atomic E-state index is -0.269. The first-order valence-electron chi connectivity index (χ1n) is 7.70. The normalized spacial score (nSPS) is 10.4. The number of ether oxygens (including phenoxy) is 2. The molecule has 0 saturated carbocycles. The molecule has 3 aromatic carbocycles. The van der Waals surface area contributed by atoms with Crippen LogP contribution in [0.1, 0.15) is 5.56 Å². The van der Waals surface area contributed by atoms with Gasteiger partial charge in [-0.15, -0.1) is 0 Å². The third-order valence-corrected chi connectivity index (χ3v) is 3.95. The van der Waals surface area contributed by atoms with Gasteiger partial charge < -0.3 is 14.8 Å². The molecule has 0 fully saturated rings. The SMILES string of the molecule is COC(=O)Cc1ccccc1Nc1c(OC)ccc2ccccc12. The zero-order valence-corrected chi connectivity index (χ0v) is 13.7. The Morgan fingerprint density at radius 2 is 1.71 bits per heavy atom. The number of benzene rings is 3. The predicted molar refractivity (Wildman–Crippen MR) is 95.9 cm³/mol. The van der Waals surface area contributed by atoms with Crippen LogP contribution in [0.3, 0.4) is 0 Å².